The minimum Gasteiger partial charge on any atom is -0.526 e. The lowest BCUT2D eigenvalue weighted by atomic mass is 10.2. The van der Waals surface area contributed by atoms with Crippen molar-refractivity contribution in [2.45, 2.75) is 13.8 Å². The summed E-state index contributed by atoms with van der Waals surface area (Å²) in [6, 6.07) is 11.7. The zero-order chi connectivity index (χ0) is 15.8. The zero-order valence-electron chi connectivity index (χ0n) is 12.6. The quantitative estimate of drug-likeness (QED) is 0.513. The average Bonchev–Trinajstić information content (AvgIpc) is 3.06. The molecule has 2 heterocycles. The van der Waals surface area contributed by atoms with E-state index in [4.69, 9.17) is 9.31 Å². The lowest BCUT2D eigenvalue weighted by Crippen LogP contribution is -2.10. The van der Waals surface area contributed by atoms with Crippen molar-refractivity contribution in [3.05, 3.63) is 46.4 Å². The molecule has 0 spiro atoms. The second-order valence-electron chi connectivity index (χ2n) is 5.06. The molecule has 0 aliphatic rings. The number of fused-ring (bicyclic) bond motifs is 2. The summed E-state index contributed by atoms with van der Waals surface area (Å²) in [4.78, 5) is 8.91. The first-order valence-electron chi connectivity index (χ1n) is 7.07. The normalized spacial score (nSPS) is 11.0. The van der Waals surface area contributed by atoms with E-state index < -0.39 is 0 Å². The Morgan fingerprint density at radius 2 is 1.26 bits per heavy atom. The molecule has 2 aromatic carbocycles. The van der Waals surface area contributed by atoms with Crippen LogP contribution in [0, 0.1) is 13.8 Å². The Balaban J connectivity index is 1.44. The molecule has 0 aliphatic carbocycles. The molecule has 0 N–H and O–H groups in total. The van der Waals surface area contributed by atoms with Gasteiger partial charge in [0, 0.05) is 12.1 Å². The van der Waals surface area contributed by atoms with Crippen LogP contribution in [0.2, 0.25) is 0 Å². The van der Waals surface area contributed by atoms with Gasteiger partial charge in [-0.15, -0.1) is 22.7 Å². The van der Waals surface area contributed by atoms with Crippen molar-refractivity contribution in [1.29, 1.82) is 0 Å². The highest BCUT2D eigenvalue weighted by Gasteiger charge is 2.07. The van der Waals surface area contributed by atoms with Crippen LogP contribution >= 0.6 is 22.7 Å². The van der Waals surface area contributed by atoms with Crippen molar-refractivity contribution >= 4 is 50.8 Å². The highest BCUT2D eigenvalue weighted by Crippen LogP contribution is 2.27. The van der Waals surface area contributed by atoms with Gasteiger partial charge in [-0.3, -0.25) is 0 Å². The molecule has 0 saturated heterocycles. The summed E-state index contributed by atoms with van der Waals surface area (Å²) in [5.41, 5.74) is 1.88. The number of nitrogens with zero attached hydrogens (tertiary/aromatic N) is 2. The molecule has 4 nitrogen and oxygen atoms in total. The van der Waals surface area contributed by atoms with Crippen LogP contribution in [0.1, 0.15) is 10.0 Å². The molecule has 7 heteroatoms. The molecule has 4 rings (SSSR count). The largest absolute Gasteiger partial charge is 0.658 e. The van der Waals surface area contributed by atoms with E-state index in [0.29, 0.717) is 11.5 Å². The number of aryl methyl sites for hydroxylation is 2. The maximum Gasteiger partial charge on any atom is 0.658 e. The van der Waals surface area contributed by atoms with Crippen molar-refractivity contribution in [3.63, 3.8) is 0 Å². The highest BCUT2D eigenvalue weighted by molar-refractivity contribution is 7.18. The van der Waals surface area contributed by atoms with Crippen LogP contribution in [-0.4, -0.2) is 17.7 Å². The van der Waals surface area contributed by atoms with E-state index in [9.17, 15) is 0 Å². The average molecular weight is 339 g/mol. The third-order valence-electron chi connectivity index (χ3n) is 3.30. The SMILES string of the molecule is Cc1nc2cc(O[B]Oc3ccc4sc(C)nc4c3)ccc2s1. The maximum atomic E-state index is 5.54. The van der Waals surface area contributed by atoms with Gasteiger partial charge in [-0.2, -0.15) is 0 Å². The fourth-order valence-electron chi connectivity index (χ4n) is 2.33. The van der Waals surface area contributed by atoms with Gasteiger partial charge in [0.05, 0.1) is 30.4 Å². The van der Waals surface area contributed by atoms with Crippen LogP contribution in [0.15, 0.2) is 36.4 Å². The Labute approximate surface area is 142 Å². The van der Waals surface area contributed by atoms with Crippen LogP contribution in [0.25, 0.3) is 20.4 Å². The number of benzene rings is 2. The summed E-state index contributed by atoms with van der Waals surface area (Å²) in [5, 5.41) is 2.09. The van der Waals surface area contributed by atoms with Crippen LogP contribution in [0.3, 0.4) is 0 Å². The van der Waals surface area contributed by atoms with Gasteiger partial charge in [0.1, 0.15) is 11.5 Å². The molecule has 0 aliphatic heterocycles. The lowest BCUT2D eigenvalue weighted by Gasteiger charge is -2.06. The van der Waals surface area contributed by atoms with E-state index in [2.05, 4.69) is 9.97 Å². The Hall–Kier alpha value is -2.12. The van der Waals surface area contributed by atoms with Crippen molar-refractivity contribution in [2.75, 3.05) is 0 Å². The van der Waals surface area contributed by atoms with Gasteiger partial charge in [0.15, 0.2) is 0 Å². The summed E-state index contributed by atoms with van der Waals surface area (Å²) < 4.78 is 13.4. The maximum absolute atomic E-state index is 5.54. The highest BCUT2D eigenvalue weighted by atomic mass is 32.1. The molecule has 0 unspecified atom stereocenters. The molecule has 0 atom stereocenters. The molecule has 0 saturated carbocycles. The summed E-state index contributed by atoms with van der Waals surface area (Å²) >= 11 is 3.34. The molecule has 0 amide bonds. The Bertz CT molecular complexity index is 916. The fourth-order valence-corrected chi connectivity index (χ4v) is 3.94. The molecule has 2 aromatic heterocycles. The first-order valence-corrected chi connectivity index (χ1v) is 8.70. The monoisotopic (exact) mass is 339 g/mol. The van der Waals surface area contributed by atoms with E-state index >= 15 is 0 Å². The van der Waals surface area contributed by atoms with Gasteiger partial charge in [0.2, 0.25) is 0 Å². The molecule has 0 fully saturated rings. The summed E-state index contributed by atoms with van der Waals surface area (Å²) in [6.07, 6.45) is 0. The molecule has 23 heavy (non-hydrogen) atoms. The first kappa shape index (κ1) is 14.5. The van der Waals surface area contributed by atoms with Crippen molar-refractivity contribution in [3.8, 4) is 11.5 Å². The Kier molecular flexibility index (Phi) is 3.67. The number of hydrogen-bond donors (Lipinski definition) is 0. The minimum absolute atomic E-state index is 0.702. The van der Waals surface area contributed by atoms with Crippen molar-refractivity contribution in [2.24, 2.45) is 0 Å². The van der Waals surface area contributed by atoms with Gasteiger partial charge in [-0.05, 0) is 38.1 Å². The number of thiazole rings is 2. The Morgan fingerprint density at radius 1 is 0.783 bits per heavy atom. The lowest BCUT2D eigenvalue weighted by molar-refractivity contribution is 0.460. The van der Waals surface area contributed by atoms with E-state index in [0.717, 1.165) is 30.4 Å². The topological polar surface area (TPSA) is 44.2 Å². The first-order chi connectivity index (χ1) is 11.2. The summed E-state index contributed by atoms with van der Waals surface area (Å²) in [7, 11) is 1.33. The smallest absolute Gasteiger partial charge is 0.526 e. The molecule has 0 bridgehead atoms. The van der Waals surface area contributed by atoms with Crippen LogP contribution in [-0.2, 0) is 0 Å². The molecule has 113 valence electrons. The fraction of sp³-hybridized carbons (Fsp3) is 0.125. The summed E-state index contributed by atoms with van der Waals surface area (Å²) in [6.45, 7) is 3.99. The van der Waals surface area contributed by atoms with Crippen molar-refractivity contribution in [1.82, 2.24) is 9.97 Å². The van der Waals surface area contributed by atoms with Crippen LogP contribution in [0.5, 0.6) is 11.5 Å². The molecular formula is C16H12BN2O2S2. The van der Waals surface area contributed by atoms with Gasteiger partial charge in [-0.1, -0.05) is 0 Å². The minimum atomic E-state index is 0.702. The molecular weight excluding hydrogens is 327 g/mol. The van der Waals surface area contributed by atoms with Crippen LogP contribution in [0.4, 0.5) is 0 Å². The Morgan fingerprint density at radius 3 is 1.74 bits per heavy atom. The molecule has 4 aromatic rings. The third-order valence-corrected chi connectivity index (χ3v) is 5.20. The zero-order valence-corrected chi connectivity index (χ0v) is 14.2. The second kappa shape index (κ2) is 5.83. The van der Waals surface area contributed by atoms with Gasteiger partial charge < -0.3 is 9.31 Å². The molecule has 1 radical (unpaired) electrons. The van der Waals surface area contributed by atoms with E-state index in [1.165, 1.54) is 7.69 Å². The standard InChI is InChI=1S/C16H12BN2O2S2/c1-9-18-13-7-11(3-5-15(13)22-9)20-17-21-12-4-6-16-14(8-12)19-10(2)23-16/h3-8H,1-2H3. The number of rotatable bonds is 4. The van der Waals surface area contributed by atoms with Gasteiger partial charge in [0.25, 0.3) is 0 Å². The van der Waals surface area contributed by atoms with Crippen LogP contribution < -0.4 is 9.31 Å². The van der Waals surface area contributed by atoms with E-state index in [1.807, 2.05) is 50.2 Å². The van der Waals surface area contributed by atoms with E-state index in [-0.39, 0.29) is 0 Å². The van der Waals surface area contributed by atoms with E-state index in [1.54, 1.807) is 22.7 Å². The third kappa shape index (κ3) is 3.02. The second-order valence-corrected chi connectivity index (χ2v) is 7.53. The van der Waals surface area contributed by atoms with Gasteiger partial charge in [-0.25, -0.2) is 9.97 Å². The predicted molar refractivity (Wildman–Crippen MR) is 95.7 cm³/mol. The summed E-state index contributed by atoms with van der Waals surface area (Å²) in [5.74, 6) is 1.40. The predicted octanol–water partition coefficient (Wildman–Crippen LogP) is 4.51. The number of hydrogen-bond acceptors (Lipinski definition) is 6. The van der Waals surface area contributed by atoms with Gasteiger partial charge >= 0.3 is 7.69 Å². The number of aromatic nitrogens is 2. The van der Waals surface area contributed by atoms with Crippen molar-refractivity contribution < 1.29 is 9.31 Å².